The lowest BCUT2D eigenvalue weighted by molar-refractivity contribution is -0.385. The Morgan fingerprint density at radius 2 is 1.93 bits per heavy atom. The van der Waals surface area contributed by atoms with E-state index < -0.39 is 22.6 Å². The van der Waals surface area contributed by atoms with E-state index in [1.165, 1.54) is 23.1 Å². The van der Waals surface area contributed by atoms with Crippen LogP contribution in [-0.4, -0.2) is 30.4 Å². The molecule has 146 valence electrons. The number of amides is 1. The molecule has 3 rings (SSSR count). The number of halogens is 3. The Morgan fingerprint density at radius 3 is 2.61 bits per heavy atom. The maximum Gasteiger partial charge on any atom is 0.416 e. The molecule has 3 aromatic rings. The Kier molecular flexibility index (Phi) is 5.11. The second-order valence-electron chi connectivity index (χ2n) is 5.83. The van der Waals surface area contributed by atoms with Gasteiger partial charge in [0, 0.05) is 6.20 Å². The van der Waals surface area contributed by atoms with E-state index in [9.17, 15) is 28.1 Å². The van der Waals surface area contributed by atoms with Gasteiger partial charge >= 0.3 is 11.9 Å². The van der Waals surface area contributed by atoms with Crippen LogP contribution in [0.1, 0.15) is 11.1 Å². The van der Waals surface area contributed by atoms with E-state index in [2.05, 4.69) is 15.5 Å². The van der Waals surface area contributed by atoms with E-state index in [1.807, 2.05) is 0 Å². The molecule has 12 heteroatoms. The molecule has 0 saturated carbocycles. The zero-order valence-electron chi connectivity index (χ0n) is 14.1. The van der Waals surface area contributed by atoms with Gasteiger partial charge in [-0.25, -0.2) is 0 Å². The molecule has 0 radical (unpaired) electrons. The summed E-state index contributed by atoms with van der Waals surface area (Å²) in [6.07, 6.45) is 0.526. The van der Waals surface area contributed by atoms with Crippen molar-refractivity contribution >= 4 is 17.3 Å². The quantitative estimate of drug-likeness (QED) is 0.511. The largest absolute Gasteiger partial charge is 0.416 e. The number of carbonyl (C=O) groups is 1. The predicted octanol–water partition coefficient (Wildman–Crippen LogP) is 2.69. The van der Waals surface area contributed by atoms with Crippen molar-refractivity contribution < 1.29 is 22.9 Å². The van der Waals surface area contributed by atoms with Gasteiger partial charge in [-0.3, -0.25) is 24.3 Å². The highest BCUT2D eigenvalue weighted by Crippen LogP contribution is 2.29. The summed E-state index contributed by atoms with van der Waals surface area (Å²) < 4.78 is 40.8. The van der Waals surface area contributed by atoms with E-state index in [1.54, 1.807) is 6.07 Å². The zero-order chi connectivity index (χ0) is 20.3. The first-order valence-corrected chi connectivity index (χ1v) is 7.86. The number of anilines is 1. The summed E-state index contributed by atoms with van der Waals surface area (Å²) in [5.41, 5.74) is -0.251. The minimum absolute atomic E-state index is 0.0884. The third-order valence-corrected chi connectivity index (χ3v) is 3.65. The number of hydrogen-bond donors (Lipinski definition) is 1. The molecule has 1 amide bonds. The van der Waals surface area contributed by atoms with Gasteiger partial charge in [-0.15, -0.1) is 0 Å². The number of carbonyl (C=O) groups excluding carboxylic acids is 1. The van der Waals surface area contributed by atoms with Gasteiger partial charge in [0.15, 0.2) is 0 Å². The monoisotopic (exact) mass is 394 g/mol. The third kappa shape index (κ3) is 4.72. The summed E-state index contributed by atoms with van der Waals surface area (Å²) in [4.78, 5) is 22.0. The van der Waals surface area contributed by atoms with Crippen LogP contribution in [0.5, 0.6) is 0 Å². The molecule has 0 aliphatic rings. The van der Waals surface area contributed by atoms with Crippen LogP contribution in [0.3, 0.4) is 0 Å². The molecule has 0 spiro atoms. The molecule has 0 saturated heterocycles. The number of nitro groups is 1. The maximum atomic E-state index is 12.8. The summed E-state index contributed by atoms with van der Waals surface area (Å²) in [5, 5.41) is 20.8. The van der Waals surface area contributed by atoms with Crippen molar-refractivity contribution in [1.82, 2.24) is 19.6 Å². The normalized spacial score (nSPS) is 11.4. The molecule has 0 bridgehead atoms. The lowest BCUT2D eigenvalue weighted by Gasteiger charge is -2.08. The third-order valence-electron chi connectivity index (χ3n) is 3.65. The molecule has 2 heterocycles. The van der Waals surface area contributed by atoms with Gasteiger partial charge in [0.2, 0.25) is 5.91 Å². The van der Waals surface area contributed by atoms with Crippen LogP contribution in [0.4, 0.5) is 24.5 Å². The van der Waals surface area contributed by atoms with Crippen LogP contribution in [0.15, 0.2) is 49.1 Å². The van der Waals surface area contributed by atoms with E-state index in [0.29, 0.717) is 11.3 Å². The Labute approximate surface area is 155 Å². The standard InChI is InChI=1S/C16H13F3N6O3/c17-16(18,19)12-3-1-2-11(4-12)7-23-8-13(5-20-23)22-15(26)10-24-9-14(6-21-24)25(27)28/h1-6,8-9H,7,10H2,(H,22,26). The molecule has 0 aliphatic heterocycles. The molecule has 9 nitrogen and oxygen atoms in total. The van der Waals surface area contributed by atoms with Crippen molar-refractivity contribution in [2.75, 3.05) is 5.32 Å². The molecule has 0 fully saturated rings. The van der Waals surface area contributed by atoms with E-state index in [4.69, 9.17) is 0 Å². The number of rotatable bonds is 6. The van der Waals surface area contributed by atoms with E-state index in [0.717, 1.165) is 29.2 Å². The molecule has 2 aromatic heterocycles. The average molecular weight is 394 g/mol. The van der Waals surface area contributed by atoms with Gasteiger partial charge in [-0.1, -0.05) is 12.1 Å². The first-order valence-electron chi connectivity index (χ1n) is 7.86. The first kappa shape index (κ1) is 19.1. The number of hydrogen-bond acceptors (Lipinski definition) is 5. The molecule has 0 aliphatic carbocycles. The van der Waals surface area contributed by atoms with Crippen molar-refractivity contribution in [2.24, 2.45) is 0 Å². The Bertz CT molecular complexity index is 1010. The fourth-order valence-corrected chi connectivity index (χ4v) is 2.43. The lowest BCUT2D eigenvalue weighted by atomic mass is 10.1. The molecule has 0 atom stereocenters. The second-order valence-corrected chi connectivity index (χ2v) is 5.83. The van der Waals surface area contributed by atoms with Crippen molar-refractivity contribution in [1.29, 1.82) is 0 Å². The molecule has 1 aromatic carbocycles. The maximum absolute atomic E-state index is 12.8. The summed E-state index contributed by atoms with van der Waals surface area (Å²) in [6.45, 7) is -0.155. The number of benzene rings is 1. The fourth-order valence-electron chi connectivity index (χ4n) is 2.43. The highest BCUT2D eigenvalue weighted by molar-refractivity contribution is 5.90. The minimum atomic E-state index is -4.43. The van der Waals surface area contributed by atoms with Crippen molar-refractivity contribution in [3.63, 3.8) is 0 Å². The number of nitrogens with one attached hydrogen (secondary N) is 1. The Morgan fingerprint density at radius 1 is 1.18 bits per heavy atom. The van der Waals surface area contributed by atoms with Crippen molar-refractivity contribution in [3.8, 4) is 0 Å². The Hall–Kier alpha value is -3.70. The van der Waals surface area contributed by atoms with Gasteiger partial charge in [0.05, 0.1) is 28.9 Å². The number of aromatic nitrogens is 4. The minimum Gasteiger partial charge on any atom is -0.322 e. The van der Waals surface area contributed by atoms with Gasteiger partial charge in [0.25, 0.3) is 0 Å². The van der Waals surface area contributed by atoms with Crippen LogP contribution < -0.4 is 5.32 Å². The van der Waals surface area contributed by atoms with Crippen LogP contribution >= 0.6 is 0 Å². The van der Waals surface area contributed by atoms with Gasteiger partial charge in [-0.2, -0.15) is 23.4 Å². The smallest absolute Gasteiger partial charge is 0.322 e. The van der Waals surface area contributed by atoms with Crippen LogP contribution in [0, 0.1) is 10.1 Å². The molecular weight excluding hydrogens is 381 g/mol. The highest BCUT2D eigenvalue weighted by Gasteiger charge is 2.30. The molecule has 28 heavy (non-hydrogen) atoms. The first-order chi connectivity index (χ1) is 13.2. The summed E-state index contributed by atoms with van der Waals surface area (Å²) in [6, 6.07) is 4.87. The van der Waals surface area contributed by atoms with Crippen molar-refractivity contribution in [2.45, 2.75) is 19.3 Å². The van der Waals surface area contributed by atoms with Gasteiger partial charge in [-0.05, 0) is 17.7 Å². The van der Waals surface area contributed by atoms with E-state index >= 15 is 0 Å². The van der Waals surface area contributed by atoms with E-state index in [-0.39, 0.29) is 18.8 Å². The zero-order valence-corrected chi connectivity index (χ0v) is 14.1. The lowest BCUT2D eigenvalue weighted by Crippen LogP contribution is -2.18. The van der Waals surface area contributed by atoms with Crippen LogP contribution in [0.2, 0.25) is 0 Å². The SMILES string of the molecule is O=C(Cn1cc([N+](=O)[O-])cn1)Nc1cnn(Cc2cccc(C(F)(F)F)c2)c1. The van der Waals surface area contributed by atoms with Crippen LogP contribution in [0.25, 0.3) is 0 Å². The predicted molar refractivity (Wildman–Crippen MR) is 90.3 cm³/mol. The Balaban J connectivity index is 1.61. The topological polar surface area (TPSA) is 108 Å². The van der Waals surface area contributed by atoms with Gasteiger partial charge < -0.3 is 5.32 Å². The molecule has 1 N–H and O–H groups in total. The van der Waals surface area contributed by atoms with Crippen LogP contribution in [-0.2, 0) is 24.1 Å². The highest BCUT2D eigenvalue weighted by atomic mass is 19.4. The average Bonchev–Trinajstić information content (AvgIpc) is 3.24. The number of nitrogens with zero attached hydrogens (tertiary/aromatic N) is 5. The molecule has 0 unspecified atom stereocenters. The summed E-state index contributed by atoms with van der Waals surface area (Å²) in [7, 11) is 0. The number of alkyl halides is 3. The van der Waals surface area contributed by atoms with Gasteiger partial charge in [0.1, 0.15) is 18.9 Å². The van der Waals surface area contributed by atoms with Crippen molar-refractivity contribution in [3.05, 3.63) is 70.3 Å². The summed E-state index contributed by atoms with van der Waals surface area (Å²) in [5.74, 6) is -0.489. The second kappa shape index (κ2) is 7.50. The fraction of sp³-hybridized carbons (Fsp3) is 0.188. The molecular formula is C16H13F3N6O3. The summed E-state index contributed by atoms with van der Waals surface area (Å²) >= 11 is 0.